The molecule has 0 fully saturated rings. The lowest BCUT2D eigenvalue weighted by atomic mass is 10.0. The molecule has 0 aliphatic heterocycles. The van der Waals surface area contributed by atoms with Crippen LogP contribution < -0.4 is 0 Å². The van der Waals surface area contributed by atoms with Gasteiger partial charge in [0.1, 0.15) is 0 Å². The molecule has 0 aliphatic rings. The highest BCUT2D eigenvalue weighted by molar-refractivity contribution is 5.09. The van der Waals surface area contributed by atoms with E-state index in [-0.39, 0.29) is 17.9 Å². The number of hydrogen-bond donors (Lipinski definition) is 0. The highest BCUT2D eigenvalue weighted by Crippen LogP contribution is 2.30. The Kier molecular flexibility index (Phi) is 9.21. The summed E-state index contributed by atoms with van der Waals surface area (Å²) in [7, 11) is 0. The van der Waals surface area contributed by atoms with Crippen molar-refractivity contribution >= 4 is 0 Å². The Bertz CT molecular complexity index is 226. The maximum absolute atomic E-state index is 12.7. The minimum atomic E-state index is -4.14. The first-order valence-electron chi connectivity index (χ1n) is 7.14. The molecule has 3 heteroatoms. The predicted molar refractivity (Wildman–Crippen MR) is 71.6 cm³/mol. The van der Waals surface area contributed by atoms with E-state index in [0.717, 1.165) is 19.3 Å². The predicted octanol–water partition coefficient (Wildman–Crippen LogP) is 6.27. The fraction of sp³-hybridized carbons (Fsp3) is 0.867. The maximum Gasteiger partial charge on any atom is 0.412 e. The molecule has 0 atom stereocenters. The molecule has 0 aliphatic carbocycles. The van der Waals surface area contributed by atoms with Crippen LogP contribution in [0.2, 0.25) is 0 Å². The third-order valence-corrected chi connectivity index (χ3v) is 3.00. The molecular weight excluding hydrogens is 237 g/mol. The van der Waals surface area contributed by atoms with Crippen LogP contribution in [0.15, 0.2) is 11.6 Å². The molecule has 0 spiro atoms. The largest absolute Gasteiger partial charge is 0.412 e. The molecule has 0 aromatic heterocycles. The van der Waals surface area contributed by atoms with E-state index >= 15 is 0 Å². The first-order valence-corrected chi connectivity index (χ1v) is 7.14. The van der Waals surface area contributed by atoms with E-state index in [2.05, 4.69) is 6.92 Å². The van der Waals surface area contributed by atoms with Crippen LogP contribution in [-0.2, 0) is 0 Å². The summed E-state index contributed by atoms with van der Waals surface area (Å²) >= 11 is 0. The molecule has 0 unspecified atom stereocenters. The molecule has 0 heterocycles. The van der Waals surface area contributed by atoms with Gasteiger partial charge >= 0.3 is 6.18 Å². The van der Waals surface area contributed by atoms with Crippen molar-refractivity contribution in [2.75, 3.05) is 0 Å². The summed E-state index contributed by atoms with van der Waals surface area (Å²) in [5.74, 6) is 0.284. The number of halogens is 3. The van der Waals surface area contributed by atoms with Crippen molar-refractivity contribution < 1.29 is 13.2 Å². The van der Waals surface area contributed by atoms with E-state index in [1.54, 1.807) is 0 Å². The SMILES string of the molecule is CCCCCCCCC(=CCC(C)C)C(F)(F)F. The van der Waals surface area contributed by atoms with E-state index < -0.39 is 6.18 Å². The van der Waals surface area contributed by atoms with Crippen molar-refractivity contribution in [1.29, 1.82) is 0 Å². The van der Waals surface area contributed by atoms with Crippen LogP contribution in [0.1, 0.15) is 72.1 Å². The summed E-state index contributed by atoms with van der Waals surface area (Å²) in [6.07, 6.45) is 4.08. The van der Waals surface area contributed by atoms with Gasteiger partial charge in [-0.1, -0.05) is 59.0 Å². The summed E-state index contributed by atoms with van der Waals surface area (Å²) < 4.78 is 38.2. The highest BCUT2D eigenvalue weighted by Gasteiger charge is 2.32. The zero-order chi connectivity index (χ0) is 14.0. The van der Waals surface area contributed by atoms with E-state index in [1.165, 1.54) is 18.9 Å². The third-order valence-electron chi connectivity index (χ3n) is 3.00. The smallest absolute Gasteiger partial charge is 0.166 e. The van der Waals surface area contributed by atoms with Crippen molar-refractivity contribution in [1.82, 2.24) is 0 Å². The quantitative estimate of drug-likeness (QED) is 0.340. The normalized spacial score (nSPS) is 13.4. The van der Waals surface area contributed by atoms with Gasteiger partial charge in [0, 0.05) is 5.57 Å². The van der Waals surface area contributed by atoms with E-state index in [4.69, 9.17) is 0 Å². The average molecular weight is 264 g/mol. The van der Waals surface area contributed by atoms with Crippen LogP contribution in [0.4, 0.5) is 13.2 Å². The average Bonchev–Trinajstić information content (AvgIpc) is 2.25. The fourth-order valence-corrected chi connectivity index (χ4v) is 1.83. The fourth-order valence-electron chi connectivity index (χ4n) is 1.83. The summed E-state index contributed by atoms with van der Waals surface area (Å²) in [6, 6.07) is 0. The maximum atomic E-state index is 12.7. The Morgan fingerprint density at radius 1 is 1.00 bits per heavy atom. The Morgan fingerprint density at radius 2 is 1.56 bits per heavy atom. The summed E-state index contributed by atoms with van der Waals surface area (Å²) in [4.78, 5) is 0. The zero-order valence-electron chi connectivity index (χ0n) is 11.9. The molecule has 18 heavy (non-hydrogen) atoms. The van der Waals surface area contributed by atoms with E-state index in [9.17, 15) is 13.2 Å². The molecule has 0 saturated heterocycles. The van der Waals surface area contributed by atoms with Gasteiger partial charge in [0.2, 0.25) is 0 Å². The zero-order valence-corrected chi connectivity index (χ0v) is 11.9. The van der Waals surface area contributed by atoms with Gasteiger partial charge in [0.05, 0.1) is 0 Å². The van der Waals surface area contributed by atoms with Crippen LogP contribution in [-0.4, -0.2) is 6.18 Å². The number of unbranched alkanes of at least 4 members (excludes halogenated alkanes) is 5. The Hall–Kier alpha value is -0.470. The molecule has 108 valence electrons. The lowest BCUT2D eigenvalue weighted by Gasteiger charge is -2.12. The van der Waals surface area contributed by atoms with Crippen LogP contribution in [0.5, 0.6) is 0 Å². The molecule has 0 saturated carbocycles. The number of rotatable bonds is 9. The lowest BCUT2D eigenvalue weighted by Crippen LogP contribution is -2.12. The second-order valence-electron chi connectivity index (χ2n) is 5.37. The minimum Gasteiger partial charge on any atom is -0.166 e. The van der Waals surface area contributed by atoms with Gasteiger partial charge in [0.25, 0.3) is 0 Å². The molecule has 0 radical (unpaired) electrons. The molecule has 0 nitrogen and oxygen atoms in total. The standard InChI is InChI=1S/C15H27F3/c1-4-5-6-7-8-9-10-14(15(16,17)18)12-11-13(2)3/h12-13H,4-11H2,1-3H3. The Morgan fingerprint density at radius 3 is 2.06 bits per heavy atom. The monoisotopic (exact) mass is 264 g/mol. The van der Waals surface area contributed by atoms with Gasteiger partial charge < -0.3 is 0 Å². The number of allylic oxidation sites excluding steroid dienone is 2. The van der Waals surface area contributed by atoms with Crippen molar-refractivity contribution in [3.05, 3.63) is 11.6 Å². The van der Waals surface area contributed by atoms with Crippen LogP contribution in [0, 0.1) is 5.92 Å². The van der Waals surface area contributed by atoms with Crippen LogP contribution in [0.25, 0.3) is 0 Å². The van der Waals surface area contributed by atoms with Crippen LogP contribution in [0.3, 0.4) is 0 Å². The summed E-state index contributed by atoms with van der Waals surface area (Å²) in [6.45, 7) is 6.01. The first kappa shape index (κ1) is 17.5. The minimum absolute atomic E-state index is 0.183. The summed E-state index contributed by atoms with van der Waals surface area (Å²) in [5, 5.41) is 0. The van der Waals surface area contributed by atoms with Crippen molar-refractivity contribution in [3.8, 4) is 0 Å². The van der Waals surface area contributed by atoms with Gasteiger partial charge in [0.15, 0.2) is 0 Å². The first-order chi connectivity index (χ1) is 8.38. The van der Waals surface area contributed by atoms with Gasteiger partial charge in [-0.15, -0.1) is 0 Å². The Labute approximate surface area is 110 Å². The Balaban J connectivity index is 4.00. The highest BCUT2D eigenvalue weighted by atomic mass is 19.4. The van der Waals surface area contributed by atoms with Gasteiger partial charge in [-0.05, 0) is 25.2 Å². The molecule has 0 aromatic carbocycles. The van der Waals surface area contributed by atoms with Crippen molar-refractivity contribution in [2.45, 2.75) is 78.3 Å². The lowest BCUT2D eigenvalue weighted by molar-refractivity contribution is -0.0944. The molecule has 0 rings (SSSR count). The number of hydrogen-bond acceptors (Lipinski definition) is 0. The van der Waals surface area contributed by atoms with Gasteiger partial charge in [-0.25, -0.2) is 0 Å². The van der Waals surface area contributed by atoms with Gasteiger partial charge in [-0.3, -0.25) is 0 Å². The topological polar surface area (TPSA) is 0 Å². The molecule has 0 bridgehead atoms. The van der Waals surface area contributed by atoms with E-state index in [1.807, 2.05) is 13.8 Å². The molecule has 0 amide bonds. The second-order valence-corrected chi connectivity index (χ2v) is 5.37. The van der Waals surface area contributed by atoms with Crippen molar-refractivity contribution in [3.63, 3.8) is 0 Å². The summed E-state index contributed by atoms with van der Waals surface area (Å²) in [5.41, 5.74) is -0.327. The molecule has 0 aromatic rings. The van der Waals surface area contributed by atoms with Gasteiger partial charge in [-0.2, -0.15) is 13.2 Å². The third kappa shape index (κ3) is 9.55. The second kappa shape index (κ2) is 9.46. The van der Waals surface area contributed by atoms with Crippen molar-refractivity contribution in [2.24, 2.45) is 5.92 Å². The van der Waals surface area contributed by atoms with Crippen LogP contribution >= 0.6 is 0 Å². The number of alkyl halides is 3. The molecular formula is C15H27F3. The molecule has 0 N–H and O–H groups in total. The van der Waals surface area contributed by atoms with E-state index in [0.29, 0.717) is 12.8 Å².